The molecule has 0 radical (unpaired) electrons. The SMILES string of the molecule is Brc1ccc(-n2c3ccccc3c3ccccc32)cc1.c1ccc2c(c1)N(c1ccc(-n3c4ccccc4c4ccccc43)cc1)c1cccc3nc(-c4ccncc4)n-2c13. The molecule has 8 aromatic carbocycles. The van der Waals surface area contributed by atoms with Gasteiger partial charge in [0.2, 0.25) is 0 Å². The molecule has 13 rings (SSSR count). The second kappa shape index (κ2) is 14.2. The lowest BCUT2D eigenvalue weighted by Crippen LogP contribution is -2.18. The zero-order valence-corrected chi connectivity index (χ0v) is 34.4. The number of hydrogen-bond donors (Lipinski definition) is 0. The van der Waals surface area contributed by atoms with E-state index in [0.717, 1.165) is 55.3 Å². The summed E-state index contributed by atoms with van der Waals surface area (Å²) >= 11 is 3.50. The van der Waals surface area contributed by atoms with Crippen LogP contribution in [0.2, 0.25) is 0 Å². The summed E-state index contributed by atoms with van der Waals surface area (Å²) in [5, 5.41) is 5.13. The molecule has 288 valence electrons. The van der Waals surface area contributed by atoms with Gasteiger partial charge in [-0.15, -0.1) is 0 Å². The Balaban J connectivity index is 0.000000167. The van der Waals surface area contributed by atoms with Gasteiger partial charge in [-0.05, 0) is 109 Å². The van der Waals surface area contributed by atoms with Crippen LogP contribution in [0.1, 0.15) is 0 Å². The third kappa shape index (κ3) is 5.62. The molecule has 0 atom stereocenters. The van der Waals surface area contributed by atoms with Crippen LogP contribution in [0.3, 0.4) is 0 Å². The summed E-state index contributed by atoms with van der Waals surface area (Å²) < 4.78 is 8.06. The van der Waals surface area contributed by atoms with Gasteiger partial charge in [-0.25, -0.2) is 4.98 Å². The number of hydrogen-bond acceptors (Lipinski definition) is 3. The highest BCUT2D eigenvalue weighted by Crippen LogP contribution is 2.48. The molecule has 0 bridgehead atoms. The van der Waals surface area contributed by atoms with Crippen molar-refractivity contribution in [1.82, 2.24) is 23.7 Å². The summed E-state index contributed by atoms with van der Waals surface area (Å²) in [6.45, 7) is 0. The van der Waals surface area contributed by atoms with Gasteiger partial charge >= 0.3 is 0 Å². The van der Waals surface area contributed by atoms with E-state index >= 15 is 0 Å². The van der Waals surface area contributed by atoms with Crippen molar-refractivity contribution >= 4 is 87.6 Å². The zero-order valence-electron chi connectivity index (χ0n) is 32.8. The normalized spacial score (nSPS) is 12.0. The number of nitrogens with zero attached hydrogens (tertiary/aromatic N) is 6. The molecule has 1 aliphatic rings. The quantitative estimate of drug-likeness (QED) is 0.177. The van der Waals surface area contributed by atoms with E-state index in [4.69, 9.17) is 4.98 Å². The molecule has 0 fully saturated rings. The highest BCUT2D eigenvalue weighted by Gasteiger charge is 2.29. The number of benzene rings is 8. The van der Waals surface area contributed by atoms with Crippen LogP contribution in [0.5, 0.6) is 0 Å². The monoisotopic (exact) mass is 846 g/mol. The van der Waals surface area contributed by atoms with Crippen molar-refractivity contribution in [3.8, 4) is 28.5 Å². The van der Waals surface area contributed by atoms with E-state index in [-0.39, 0.29) is 0 Å². The van der Waals surface area contributed by atoms with Crippen LogP contribution < -0.4 is 4.90 Å². The molecule has 7 heteroatoms. The van der Waals surface area contributed by atoms with Crippen molar-refractivity contribution in [1.29, 1.82) is 0 Å². The first-order valence-electron chi connectivity index (χ1n) is 20.4. The van der Waals surface area contributed by atoms with Crippen molar-refractivity contribution in [3.63, 3.8) is 0 Å². The average Bonchev–Trinajstić information content (AvgIpc) is 3.99. The second-order valence-corrected chi connectivity index (χ2v) is 16.1. The standard InChI is InChI=1S/C36H23N5.C18H12BrN/c1-3-11-30-27(8-1)28-9-2-4-12-31(28)39(30)25-16-18-26(19-17-25)40-32-13-5-6-14-33(32)41-35-29(10-7-15-34(35)40)38-36(41)24-20-22-37-23-21-24;19-13-9-11-14(12-10-13)20-17-7-3-1-5-15(17)16-6-2-4-8-18(16)20/h1-23H;1-12H. The minimum atomic E-state index is 0.920. The second-order valence-electron chi connectivity index (χ2n) is 15.2. The highest BCUT2D eigenvalue weighted by molar-refractivity contribution is 9.10. The van der Waals surface area contributed by atoms with Crippen LogP contribution in [-0.2, 0) is 0 Å². The fourth-order valence-corrected chi connectivity index (χ4v) is 9.48. The van der Waals surface area contributed by atoms with Crippen LogP contribution in [0.15, 0.2) is 217 Å². The summed E-state index contributed by atoms with van der Waals surface area (Å²) in [5.74, 6) is 0.920. The maximum atomic E-state index is 5.09. The number of para-hydroxylation sites is 7. The van der Waals surface area contributed by atoms with E-state index in [0.29, 0.717) is 0 Å². The first kappa shape index (κ1) is 35.2. The van der Waals surface area contributed by atoms with Crippen molar-refractivity contribution in [2.75, 3.05) is 4.90 Å². The van der Waals surface area contributed by atoms with Crippen LogP contribution in [-0.4, -0.2) is 23.7 Å². The van der Waals surface area contributed by atoms with Crippen molar-refractivity contribution in [2.45, 2.75) is 0 Å². The van der Waals surface area contributed by atoms with Gasteiger partial charge in [-0.3, -0.25) is 9.55 Å². The van der Waals surface area contributed by atoms with Crippen LogP contribution >= 0.6 is 15.9 Å². The molecule has 61 heavy (non-hydrogen) atoms. The Labute approximate surface area is 360 Å². The van der Waals surface area contributed by atoms with E-state index in [9.17, 15) is 0 Å². The van der Waals surface area contributed by atoms with Gasteiger partial charge in [0.1, 0.15) is 5.82 Å². The van der Waals surface area contributed by atoms with Gasteiger partial charge in [-0.1, -0.05) is 107 Å². The molecule has 12 aromatic rings. The number of aromatic nitrogens is 5. The predicted molar refractivity (Wildman–Crippen MR) is 255 cm³/mol. The van der Waals surface area contributed by atoms with Crippen molar-refractivity contribution in [2.24, 2.45) is 0 Å². The lowest BCUT2D eigenvalue weighted by molar-refractivity contribution is 1.06. The molecule has 0 unspecified atom stereocenters. The van der Waals surface area contributed by atoms with Crippen LogP contribution in [0, 0.1) is 0 Å². The number of fused-ring (bicyclic) bond motifs is 8. The minimum absolute atomic E-state index is 0.920. The summed E-state index contributed by atoms with van der Waals surface area (Å²) in [7, 11) is 0. The maximum Gasteiger partial charge on any atom is 0.145 e. The number of imidazole rings is 1. The van der Waals surface area contributed by atoms with Gasteiger partial charge in [0.05, 0.1) is 50.2 Å². The van der Waals surface area contributed by atoms with Gasteiger partial charge < -0.3 is 14.0 Å². The Hall–Kier alpha value is -7.74. The van der Waals surface area contributed by atoms with E-state index in [1.165, 1.54) is 49.3 Å². The third-order valence-corrected chi connectivity index (χ3v) is 12.3. The zero-order chi connectivity index (χ0) is 40.4. The predicted octanol–water partition coefficient (Wildman–Crippen LogP) is 14.5. The molecular formula is C54H35BrN6. The van der Waals surface area contributed by atoms with Gasteiger partial charge in [0, 0.05) is 61.0 Å². The molecule has 1 aliphatic heterocycles. The molecule has 0 spiro atoms. The van der Waals surface area contributed by atoms with E-state index in [1.54, 1.807) is 0 Å². The van der Waals surface area contributed by atoms with Crippen molar-refractivity contribution < 1.29 is 0 Å². The highest BCUT2D eigenvalue weighted by atomic mass is 79.9. The lowest BCUT2D eigenvalue weighted by Gasteiger charge is -2.33. The Morgan fingerprint density at radius 3 is 1.34 bits per heavy atom. The largest absolute Gasteiger partial charge is 0.309 e. The maximum absolute atomic E-state index is 5.09. The average molecular weight is 848 g/mol. The lowest BCUT2D eigenvalue weighted by atomic mass is 10.1. The molecule has 0 saturated heterocycles. The number of halogens is 1. The van der Waals surface area contributed by atoms with Gasteiger partial charge in [0.15, 0.2) is 0 Å². The molecule has 4 aromatic heterocycles. The molecule has 0 saturated carbocycles. The molecule has 5 heterocycles. The third-order valence-electron chi connectivity index (χ3n) is 11.8. The summed E-state index contributed by atoms with van der Waals surface area (Å²) in [4.78, 5) is 11.7. The van der Waals surface area contributed by atoms with E-state index < -0.39 is 0 Å². The Morgan fingerprint density at radius 1 is 0.361 bits per heavy atom. The molecular weight excluding hydrogens is 813 g/mol. The number of anilines is 3. The summed E-state index contributed by atoms with van der Waals surface area (Å²) in [5.41, 5.74) is 14.8. The smallest absolute Gasteiger partial charge is 0.145 e. The Kier molecular flexibility index (Phi) is 8.21. The van der Waals surface area contributed by atoms with E-state index in [2.05, 4.69) is 228 Å². The van der Waals surface area contributed by atoms with E-state index in [1.807, 2.05) is 24.5 Å². The van der Waals surface area contributed by atoms with Gasteiger partial charge in [0.25, 0.3) is 0 Å². The fourth-order valence-electron chi connectivity index (χ4n) is 9.21. The first-order valence-corrected chi connectivity index (χ1v) is 21.1. The molecule has 0 N–H and O–H groups in total. The Morgan fingerprint density at radius 2 is 0.803 bits per heavy atom. The number of pyridine rings is 1. The summed E-state index contributed by atoms with van der Waals surface area (Å²) in [6.07, 6.45) is 3.64. The van der Waals surface area contributed by atoms with Crippen LogP contribution in [0.25, 0.3) is 83.1 Å². The first-order chi connectivity index (χ1) is 30.2. The topological polar surface area (TPSA) is 43.8 Å². The fraction of sp³-hybridized carbons (Fsp3) is 0. The molecule has 0 amide bonds. The Bertz CT molecular complexity index is 3490. The summed E-state index contributed by atoms with van der Waals surface area (Å²) in [6, 6.07) is 70.7. The minimum Gasteiger partial charge on any atom is -0.309 e. The van der Waals surface area contributed by atoms with Gasteiger partial charge in [-0.2, -0.15) is 0 Å². The molecule has 0 aliphatic carbocycles. The van der Waals surface area contributed by atoms with Crippen LogP contribution in [0.4, 0.5) is 17.1 Å². The number of rotatable bonds is 4. The molecule has 6 nitrogen and oxygen atoms in total. The van der Waals surface area contributed by atoms with Crippen molar-refractivity contribution in [3.05, 3.63) is 217 Å².